The molecular weight excluding hydrogens is 355 g/mol. The lowest BCUT2D eigenvalue weighted by molar-refractivity contribution is -0.120. The summed E-state index contributed by atoms with van der Waals surface area (Å²) in [7, 11) is 0. The van der Waals surface area contributed by atoms with E-state index in [9.17, 15) is 9.59 Å². The third-order valence-corrected chi connectivity index (χ3v) is 4.19. The molecule has 1 aromatic carbocycles. The number of nitrogens with one attached hydrogen (secondary N) is 2. The predicted octanol–water partition coefficient (Wildman–Crippen LogP) is 2.08. The smallest absolute Gasteiger partial charge is 0.252 e. The van der Waals surface area contributed by atoms with Crippen LogP contribution in [-0.4, -0.2) is 24.4 Å². The van der Waals surface area contributed by atoms with Gasteiger partial charge in [-0.25, -0.2) is 0 Å². The van der Waals surface area contributed by atoms with Gasteiger partial charge in [0, 0.05) is 9.61 Å². The Morgan fingerprint density at radius 1 is 1.21 bits per heavy atom. The molecule has 0 heterocycles. The van der Waals surface area contributed by atoms with E-state index in [1.54, 1.807) is 6.07 Å². The molecular formula is C14H17IN2O2. The quantitative estimate of drug-likeness (QED) is 0.796. The summed E-state index contributed by atoms with van der Waals surface area (Å²) in [6.45, 7) is 0.0420. The van der Waals surface area contributed by atoms with E-state index in [0.29, 0.717) is 11.6 Å². The Kier molecular flexibility index (Phi) is 5.18. The maximum Gasteiger partial charge on any atom is 0.252 e. The molecule has 102 valence electrons. The maximum atomic E-state index is 11.9. The van der Waals surface area contributed by atoms with E-state index in [-0.39, 0.29) is 18.4 Å². The van der Waals surface area contributed by atoms with Gasteiger partial charge in [-0.3, -0.25) is 9.59 Å². The molecule has 0 atom stereocenters. The predicted molar refractivity (Wildman–Crippen MR) is 81.9 cm³/mol. The van der Waals surface area contributed by atoms with Gasteiger partial charge in [-0.1, -0.05) is 25.0 Å². The van der Waals surface area contributed by atoms with Crippen LogP contribution in [0.4, 0.5) is 0 Å². The molecule has 1 aromatic rings. The molecule has 19 heavy (non-hydrogen) atoms. The average molecular weight is 372 g/mol. The Hall–Kier alpha value is -1.11. The maximum absolute atomic E-state index is 11.9. The molecule has 1 aliphatic carbocycles. The van der Waals surface area contributed by atoms with E-state index < -0.39 is 0 Å². The Morgan fingerprint density at radius 3 is 2.58 bits per heavy atom. The molecule has 2 N–H and O–H groups in total. The second kappa shape index (κ2) is 6.88. The minimum atomic E-state index is -0.202. The minimum absolute atomic E-state index is 0.0420. The lowest BCUT2D eigenvalue weighted by Crippen LogP contribution is -2.41. The monoisotopic (exact) mass is 372 g/mol. The van der Waals surface area contributed by atoms with Crippen molar-refractivity contribution in [1.29, 1.82) is 0 Å². The number of halogens is 1. The zero-order valence-corrected chi connectivity index (χ0v) is 12.8. The fourth-order valence-corrected chi connectivity index (χ4v) is 2.88. The van der Waals surface area contributed by atoms with E-state index >= 15 is 0 Å². The zero-order valence-electron chi connectivity index (χ0n) is 10.6. The molecule has 4 nitrogen and oxygen atoms in total. The van der Waals surface area contributed by atoms with Crippen molar-refractivity contribution in [2.75, 3.05) is 6.54 Å². The number of carbonyl (C=O) groups excluding carboxylic acids is 2. The highest BCUT2D eigenvalue weighted by Gasteiger charge is 2.17. The first kappa shape index (κ1) is 14.3. The number of hydrogen-bond donors (Lipinski definition) is 2. The summed E-state index contributed by atoms with van der Waals surface area (Å²) in [6.07, 6.45) is 4.46. The van der Waals surface area contributed by atoms with E-state index in [4.69, 9.17) is 0 Å². The first-order valence-electron chi connectivity index (χ1n) is 6.49. The summed E-state index contributed by atoms with van der Waals surface area (Å²) < 4.78 is 0.883. The SMILES string of the molecule is O=C(CNC(=O)c1ccccc1I)NC1CCCC1. The molecule has 0 radical (unpaired) electrons. The molecule has 0 aromatic heterocycles. The highest BCUT2D eigenvalue weighted by Crippen LogP contribution is 2.17. The number of hydrogen-bond acceptors (Lipinski definition) is 2. The van der Waals surface area contributed by atoms with Gasteiger partial charge in [-0.05, 0) is 47.6 Å². The molecule has 0 saturated heterocycles. The summed E-state index contributed by atoms with van der Waals surface area (Å²) in [5.74, 6) is -0.308. The van der Waals surface area contributed by atoms with Crippen LogP contribution in [-0.2, 0) is 4.79 Å². The number of benzene rings is 1. The van der Waals surface area contributed by atoms with Crippen LogP contribution in [0.15, 0.2) is 24.3 Å². The molecule has 0 aliphatic heterocycles. The topological polar surface area (TPSA) is 58.2 Å². The van der Waals surface area contributed by atoms with Gasteiger partial charge in [0.15, 0.2) is 0 Å². The van der Waals surface area contributed by atoms with Gasteiger partial charge in [0.05, 0.1) is 12.1 Å². The second-order valence-corrected chi connectivity index (χ2v) is 5.87. The van der Waals surface area contributed by atoms with Crippen LogP contribution >= 0.6 is 22.6 Å². The number of carbonyl (C=O) groups is 2. The van der Waals surface area contributed by atoms with E-state index in [1.165, 1.54) is 12.8 Å². The summed E-state index contributed by atoms with van der Waals surface area (Å²) in [6, 6.07) is 7.61. The molecule has 2 amide bonds. The molecule has 2 rings (SSSR count). The number of rotatable bonds is 4. The lowest BCUT2D eigenvalue weighted by Gasteiger charge is -2.12. The van der Waals surface area contributed by atoms with Crippen LogP contribution in [0.3, 0.4) is 0 Å². The van der Waals surface area contributed by atoms with Gasteiger partial charge in [-0.15, -0.1) is 0 Å². The minimum Gasteiger partial charge on any atom is -0.352 e. The second-order valence-electron chi connectivity index (χ2n) is 4.71. The molecule has 0 bridgehead atoms. The Labute approximate surface area is 126 Å². The average Bonchev–Trinajstić information content (AvgIpc) is 2.89. The van der Waals surface area contributed by atoms with Gasteiger partial charge in [0.2, 0.25) is 5.91 Å². The summed E-state index contributed by atoms with van der Waals surface area (Å²) >= 11 is 2.11. The van der Waals surface area contributed by atoms with Gasteiger partial charge >= 0.3 is 0 Å². The van der Waals surface area contributed by atoms with Crippen molar-refractivity contribution in [3.63, 3.8) is 0 Å². The van der Waals surface area contributed by atoms with Gasteiger partial charge in [0.1, 0.15) is 0 Å². The summed E-state index contributed by atoms with van der Waals surface area (Å²) in [4.78, 5) is 23.6. The van der Waals surface area contributed by atoms with Gasteiger partial charge in [0.25, 0.3) is 5.91 Å². The highest BCUT2D eigenvalue weighted by molar-refractivity contribution is 14.1. The molecule has 1 fully saturated rings. The first-order valence-corrected chi connectivity index (χ1v) is 7.57. The van der Waals surface area contributed by atoms with Crippen LogP contribution in [0.5, 0.6) is 0 Å². The van der Waals surface area contributed by atoms with Crippen molar-refractivity contribution in [1.82, 2.24) is 10.6 Å². The standard InChI is InChI=1S/C14H17IN2O2/c15-12-8-4-3-7-11(12)14(19)16-9-13(18)17-10-5-1-2-6-10/h3-4,7-8,10H,1-2,5-6,9H2,(H,16,19)(H,17,18). The van der Waals surface area contributed by atoms with Crippen molar-refractivity contribution >= 4 is 34.4 Å². The van der Waals surface area contributed by atoms with Gasteiger partial charge < -0.3 is 10.6 Å². The summed E-state index contributed by atoms with van der Waals surface area (Å²) in [5, 5.41) is 5.60. The molecule has 5 heteroatoms. The normalized spacial score (nSPS) is 15.2. The van der Waals surface area contributed by atoms with Crippen molar-refractivity contribution in [3.8, 4) is 0 Å². The van der Waals surface area contributed by atoms with E-state index in [2.05, 4.69) is 33.2 Å². The van der Waals surface area contributed by atoms with E-state index in [1.807, 2.05) is 18.2 Å². The van der Waals surface area contributed by atoms with Crippen molar-refractivity contribution in [3.05, 3.63) is 33.4 Å². The van der Waals surface area contributed by atoms with Crippen molar-refractivity contribution in [2.45, 2.75) is 31.7 Å². The van der Waals surface area contributed by atoms with Crippen LogP contribution in [0.1, 0.15) is 36.0 Å². The fraction of sp³-hybridized carbons (Fsp3) is 0.429. The van der Waals surface area contributed by atoms with Crippen LogP contribution in [0.25, 0.3) is 0 Å². The van der Waals surface area contributed by atoms with Crippen molar-refractivity contribution < 1.29 is 9.59 Å². The molecule has 1 aliphatic rings. The number of amides is 2. The Bertz CT molecular complexity index is 470. The van der Waals surface area contributed by atoms with Crippen LogP contribution in [0.2, 0.25) is 0 Å². The molecule has 1 saturated carbocycles. The molecule has 0 unspecified atom stereocenters. The fourth-order valence-electron chi connectivity index (χ4n) is 2.25. The third kappa shape index (κ3) is 4.19. The first-order chi connectivity index (χ1) is 9.16. The Balaban J connectivity index is 1.80. The van der Waals surface area contributed by atoms with Crippen LogP contribution < -0.4 is 10.6 Å². The molecule has 0 spiro atoms. The van der Waals surface area contributed by atoms with Crippen LogP contribution in [0, 0.1) is 3.57 Å². The van der Waals surface area contributed by atoms with Gasteiger partial charge in [-0.2, -0.15) is 0 Å². The highest BCUT2D eigenvalue weighted by atomic mass is 127. The lowest BCUT2D eigenvalue weighted by atomic mass is 10.2. The van der Waals surface area contributed by atoms with Crippen molar-refractivity contribution in [2.24, 2.45) is 0 Å². The summed E-state index contributed by atoms with van der Waals surface area (Å²) in [5.41, 5.74) is 0.608. The van der Waals surface area contributed by atoms with E-state index in [0.717, 1.165) is 16.4 Å². The Morgan fingerprint density at radius 2 is 1.89 bits per heavy atom. The third-order valence-electron chi connectivity index (χ3n) is 3.25. The zero-order chi connectivity index (χ0) is 13.7. The largest absolute Gasteiger partial charge is 0.352 e.